The Morgan fingerprint density at radius 2 is 1.68 bits per heavy atom. The molecule has 2 aromatic heterocycles. The lowest BCUT2D eigenvalue weighted by molar-refractivity contribution is -0.137. The van der Waals surface area contributed by atoms with Crippen LogP contribution in [-0.2, 0) is 17.5 Å². The number of fused-ring (bicyclic) bond motifs is 1. The molecule has 44 heavy (non-hydrogen) atoms. The van der Waals surface area contributed by atoms with Crippen molar-refractivity contribution in [2.75, 3.05) is 17.2 Å². The van der Waals surface area contributed by atoms with Crippen molar-refractivity contribution in [3.63, 3.8) is 0 Å². The van der Waals surface area contributed by atoms with Gasteiger partial charge in [-0.3, -0.25) is 9.59 Å². The lowest BCUT2D eigenvalue weighted by atomic mass is 9.95. The SMILES string of the molecule is CC(C)(C)C(=O)NCc1ccc(F)c(Nc2nc3nc(OCC(F)F)c(C(=O)Nc4ccc(C(F)(F)F)cc4)cc3[nH]2)c1F. The molecule has 0 bridgehead atoms. The van der Waals surface area contributed by atoms with Gasteiger partial charge in [0.25, 0.3) is 12.3 Å². The predicted octanol–water partition coefficient (Wildman–Crippen LogP) is 6.56. The Morgan fingerprint density at radius 1 is 1.00 bits per heavy atom. The molecule has 0 aliphatic carbocycles. The number of hydrogen-bond acceptors (Lipinski definition) is 6. The van der Waals surface area contributed by atoms with Crippen LogP contribution in [0.2, 0.25) is 0 Å². The Kier molecular flexibility index (Phi) is 9.01. The fourth-order valence-corrected chi connectivity index (χ4v) is 3.75. The maximum atomic E-state index is 15.2. The van der Waals surface area contributed by atoms with Crippen LogP contribution in [0.15, 0.2) is 42.5 Å². The number of ether oxygens (including phenoxy) is 1. The molecule has 0 atom stereocenters. The first-order chi connectivity index (χ1) is 20.5. The van der Waals surface area contributed by atoms with E-state index in [0.717, 1.165) is 42.5 Å². The highest BCUT2D eigenvalue weighted by atomic mass is 19.4. The summed E-state index contributed by atoms with van der Waals surface area (Å²) in [6.07, 6.45) is -7.55. The monoisotopic (exact) mass is 626 g/mol. The Hall–Kier alpha value is -4.89. The second-order valence-corrected chi connectivity index (χ2v) is 10.5. The number of H-pyrrole nitrogens is 1. The van der Waals surface area contributed by atoms with E-state index in [1.807, 2.05) is 0 Å². The van der Waals surface area contributed by atoms with Gasteiger partial charge in [-0.25, -0.2) is 17.6 Å². The number of amides is 2. The molecular formula is C28H25F7N6O3. The van der Waals surface area contributed by atoms with Crippen molar-refractivity contribution in [2.24, 2.45) is 5.41 Å². The highest BCUT2D eigenvalue weighted by Crippen LogP contribution is 2.31. The van der Waals surface area contributed by atoms with E-state index in [0.29, 0.717) is 0 Å². The molecule has 2 aromatic carbocycles. The number of pyridine rings is 1. The molecule has 2 heterocycles. The van der Waals surface area contributed by atoms with E-state index in [-0.39, 0.29) is 46.4 Å². The first kappa shape index (κ1) is 32.0. The minimum atomic E-state index is -4.60. The number of alkyl halides is 5. The average molecular weight is 627 g/mol. The predicted molar refractivity (Wildman–Crippen MR) is 146 cm³/mol. The molecular weight excluding hydrogens is 601 g/mol. The fourth-order valence-electron chi connectivity index (χ4n) is 3.75. The molecule has 0 aliphatic heterocycles. The first-order valence-corrected chi connectivity index (χ1v) is 12.9. The summed E-state index contributed by atoms with van der Waals surface area (Å²) < 4.78 is 99.2. The first-order valence-electron chi connectivity index (χ1n) is 12.9. The summed E-state index contributed by atoms with van der Waals surface area (Å²) in [5, 5.41) is 7.34. The van der Waals surface area contributed by atoms with Crippen LogP contribution < -0.4 is 20.7 Å². The molecule has 0 saturated heterocycles. The maximum Gasteiger partial charge on any atom is 0.416 e. The zero-order chi connectivity index (χ0) is 32.4. The van der Waals surface area contributed by atoms with Crippen molar-refractivity contribution < 1.29 is 45.1 Å². The minimum Gasteiger partial charge on any atom is -0.471 e. The van der Waals surface area contributed by atoms with Gasteiger partial charge in [-0.1, -0.05) is 26.8 Å². The topological polar surface area (TPSA) is 121 Å². The molecule has 0 fully saturated rings. The van der Waals surface area contributed by atoms with Gasteiger partial charge in [-0.05, 0) is 36.4 Å². The standard InChI is InChI=1S/C28H25F7N6O3/c1-27(2,3)25(43)36-11-13-4-9-17(29)21(20(13)32)39-26-38-18-10-16(24(40-22(18)41-26)44-12-19(30)31)23(42)37-15-7-5-14(6-8-15)28(33,34)35/h4-10,19H,11-12H2,1-3H3,(H,36,43)(H,37,42)(H2,38,39,40,41). The molecule has 0 aliphatic rings. The number of aromatic nitrogens is 3. The molecule has 2 amide bonds. The van der Waals surface area contributed by atoms with Gasteiger partial charge in [-0.2, -0.15) is 23.1 Å². The number of hydrogen-bond donors (Lipinski definition) is 4. The number of benzene rings is 2. The van der Waals surface area contributed by atoms with Crippen LogP contribution in [0.4, 0.5) is 48.1 Å². The van der Waals surface area contributed by atoms with Crippen LogP contribution in [0.3, 0.4) is 0 Å². The van der Waals surface area contributed by atoms with Crippen LogP contribution in [0, 0.1) is 17.0 Å². The number of anilines is 3. The van der Waals surface area contributed by atoms with Gasteiger partial charge >= 0.3 is 6.18 Å². The number of rotatable bonds is 9. The summed E-state index contributed by atoms with van der Waals surface area (Å²) in [6.45, 7) is 3.61. The Bertz CT molecular complexity index is 1680. The second kappa shape index (κ2) is 12.4. The summed E-state index contributed by atoms with van der Waals surface area (Å²) in [7, 11) is 0. The van der Waals surface area contributed by atoms with Crippen LogP contribution in [0.5, 0.6) is 5.88 Å². The summed E-state index contributed by atoms with van der Waals surface area (Å²) in [4.78, 5) is 35.8. The highest BCUT2D eigenvalue weighted by molar-refractivity contribution is 6.07. The van der Waals surface area contributed by atoms with Crippen molar-refractivity contribution in [2.45, 2.75) is 39.9 Å². The number of nitrogens with zero attached hydrogens (tertiary/aromatic N) is 2. The van der Waals surface area contributed by atoms with E-state index in [2.05, 4.69) is 30.9 Å². The summed E-state index contributed by atoms with van der Waals surface area (Å²) in [5.74, 6) is -4.17. The van der Waals surface area contributed by atoms with Crippen LogP contribution >= 0.6 is 0 Å². The number of halogens is 7. The quantitative estimate of drug-likeness (QED) is 0.156. The molecule has 234 valence electrons. The van der Waals surface area contributed by atoms with E-state index in [1.54, 1.807) is 20.8 Å². The third kappa shape index (κ3) is 7.54. The summed E-state index contributed by atoms with van der Waals surface area (Å²) in [5.41, 5.74) is -2.95. The van der Waals surface area contributed by atoms with E-state index < -0.39 is 59.3 Å². The van der Waals surface area contributed by atoms with Crippen molar-refractivity contribution in [3.05, 3.63) is 70.8 Å². The molecule has 4 rings (SSSR count). The molecule has 4 N–H and O–H groups in total. The summed E-state index contributed by atoms with van der Waals surface area (Å²) >= 11 is 0. The summed E-state index contributed by atoms with van der Waals surface area (Å²) in [6, 6.07) is 6.73. The molecule has 16 heteroatoms. The molecule has 0 radical (unpaired) electrons. The third-order valence-electron chi connectivity index (χ3n) is 6.03. The fraction of sp³-hybridized carbons (Fsp3) is 0.286. The Balaban J connectivity index is 1.62. The zero-order valence-corrected chi connectivity index (χ0v) is 23.3. The van der Waals surface area contributed by atoms with E-state index in [4.69, 9.17) is 4.74 Å². The highest BCUT2D eigenvalue weighted by Gasteiger charge is 2.30. The second-order valence-electron chi connectivity index (χ2n) is 10.5. The van der Waals surface area contributed by atoms with Crippen LogP contribution in [0.1, 0.15) is 42.3 Å². The van der Waals surface area contributed by atoms with Crippen LogP contribution in [-0.4, -0.2) is 39.8 Å². The lowest BCUT2D eigenvalue weighted by Gasteiger charge is -2.18. The van der Waals surface area contributed by atoms with Crippen LogP contribution in [0.25, 0.3) is 11.2 Å². The third-order valence-corrected chi connectivity index (χ3v) is 6.03. The number of carbonyl (C=O) groups is 2. The van der Waals surface area contributed by atoms with Gasteiger partial charge < -0.3 is 25.7 Å². The largest absolute Gasteiger partial charge is 0.471 e. The number of imidazole rings is 1. The maximum absolute atomic E-state index is 15.2. The number of aromatic amines is 1. The van der Waals surface area contributed by atoms with Crippen molar-refractivity contribution in [1.29, 1.82) is 0 Å². The van der Waals surface area contributed by atoms with Gasteiger partial charge in [0.1, 0.15) is 17.1 Å². The van der Waals surface area contributed by atoms with Gasteiger partial charge in [0, 0.05) is 23.2 Å². The van der Waals surface area contributed by atoms with Crippen molar-refractivity contribution in [1.82, 2.24) is 20.3 Å². The Morgan fingerprint density at radius 3 is 2.30 bits per heavy atom. The normalized spacial score (nSPS) is 12.0. The number of carbonyl (C=O) groups excluding carboxylic acids is 2. The van der Waals surface area contributed by atoms with E-state index >= 15 is 4.39 Å². The molecule has 0 spiro atoms. The zero-order valence-electron chi connectivity index (χ0n) is 23.3. The molecule has 4 aromatic rings. The minimum absolute atomic E-state index is 0.0175. The van der Waals surface area contributed by atoms with Gasteiger partial charge in [-0.15, -0.1) is 0 Å². The van der Waals surface area contributed by atoms with E-state index in [1.165, 1.54) is 0 Å². The molecule has 0 saturated carbocycles. The Labute approximate surface area is 245 Å². The van der Waals surface area contributed by atoms with Gasteiger partial charge in [0.2, 0.25) is 17.7 Å². The average Bonchev–Trinajstić information content (AvgIpc) is 3.33. The van der Waals surface area contributed by atoms with Gasteiger partial charge in [0.05, 0.1) is 11.1 Å². The van der Waals surface area contributed by atoms with E-state index in [9.17, 15) is 35.9 Å². The number of nitrogens with one attached hydrogen (secondary N) is 4. The van der Waals surface area contributed by atoms with Crippen molar-refractivity contribution >= 4 is 40.3 Å². The van der Waals surface area contributed by atoms with Gasteiger partial charge in [0.15, 0.2) is 18.1 Å². The lowest BCUT2D eigenvalue weighted by Crippen LogP contribution is -2.34. The van der Waals surface area contributed by atoms with Crippen molar-refractivity contribution in [3.8, 4) is 5.88 Å². The smallest absolute Gasteiger partial charge is 0.416 e. The molecule has 9 nitrogen and oxygen atoms in total. The molecule has 0 unspecified atom stereocenters.